The second kappa shape index (κ2) is 9.29. The van der Waals surface area contributed by atoms with Crippen LogP contribution in [0.15, 0.2) is 53.2 Å². The van der Waals surface area contributed by atoms with Crippen LogP contribution in [0.5, 0.6) is 0 Å². The molecule has 2 aromatic heterocycles. The van der Waals surface area contributed by atoms with Crippen LogP contribution in [-0.2, 0) is 22.5 Å². The number of thiophene rings is 1. The zero-order chi connectivity index (χ0) is 19.1. The lowest BCUT2D eigenvalue weighted by atomic mass is 10.1. The number of carbonyl (C=O) groups is 2. The van der Waals surface area contributed by atoms with Gasteiger partial charge in [-0.3, -0.25) is 4.79 Å². The Labute approximate surface area is 165 Å². The Morgan fingerprint density at radius 2 is 1.96 bits per heavy atom. The van der Waals surface area contributed by atoms with Gasteiger partial charge in [0.2, 0.25) is 5.91 Å². The standard InChI is InChI=1S/C19H19N3O3S2/c1-25-19(24)22-14(10-13-6-3-2-4-7-13)18(23)20-11-17-21-15(12-27-17)16-8-5-9-26-16/h2-9,12,14H,10-11H2,1H3,(H,20,23)(H,22,24)/t14-/m0/s1. The Bertz CT molecular complexity index is 879. The summed E-state index contributed by atoms with van der Waals surface area (Å²) < 4.78 is 4.64. The Balaban J connectivity index is 1.62. The minimum absolute atomic E-state index is 0.280. The van der Waals surface area contributed by atoms with Gasteiger partial charge >= 0.3 is 6.09 Å². The van der Waals surface area contributed by atoms with Crippen molar-refractivity contribution in [3.63, 3.8) is 0 Å². The molecule has 0 saturated carbocycles. The molecule has 0 aliphatic carbocycles. The summed E-state index contributed by atoms with van der Waals surface area (Å²) in [6, 6.07) is 12.8. The van der Waals surface area contributed by atoms with Crippen molar-refractivity contribution < 1.29 is 14.3 Å². The van der Waals surface area contributed by atoms with Crippen LogP contribution in [0.4, 0.5) is 4.79 Å². The molecule has 0 aliphatic heterocycles. The minimum atomic E-state index is -0.725. The van der Waals surface area contributed by atoms with Crippen LogP contribution in [-0.4, -0.2) is 30.1 Å². The molecule has 0 saturated heterocycles. The van der Waals surface area contributed by atoms with Crippen molar-refractivity contribution in [3.8, 4) is 10.6 Å². The molecule has 0 bridgehead atoms. The fraction of sp³-hybridized carbons (Fsp3) is 0.211. The molecule has 8 heteroatoms. The maximum absolute atomic E-state index is 12.6. The quantitative estimate of drug-likeness (QED) is 0.635. The van der Waals surface area contributed by atoms with E-state index in [0.717, 1.165) is 21.1 Å². The third-order valence-corrected chi connectivity index (χ3v) is 5.56. The maximum Gasteiger partial charge on any atom is 0.407 e. The van der Waals surface area contributed by atoms with E-state index in [9.17, 15) is 9.59 Å². The Morgan fingerprint density at radius 3 is 2.67 bits per heavy atom. The number of alkyl carbamates (subject to hydrolysis) is 1. The van der Waals surface area contributed by atoms with Gasteiger partial charge in [-0.05, 0) is 17.0 Å². The van der Waals surface area contributed by atoms with Gasteiger partial charge < -0.3 is 15.4 Å². The molecule has 3 rings (SSSR count). The molecule has 0 fully saturated rings. The van der Waals surface area contributed by atoms with Gasteiger partial charge in [0.25, 0.3) is 0 Å². The summed E-state index contributed by atoms with van der Waals surface area (Å²) in [5.41, 5.74) is 1.86. The predicted molar refractivity (Wildman–Crippen MR) is 107 cm³/mol. The number of carbonyl (C=O) groups excluding carboxylic acids is 2. The lowest BCUT2D eigenvalue weighted by Gasteiger charge is -2.17. The van der Waals surface area contributed by atoms with Crippen LogP contribution in [0.1, 0.15) is 10.6 Å². The average molecular weight is 402 g/mol. The molecule has 0 unspecified atom stereocenters. The fourth-order valence-electron chi connectivity index (χ4n) is 2.48. The molecular weight excluding hydrogens is 382 g/mol. The van der Waals surface area contributed by atoms with E-state index in [2.05, 4.69) is 20.4 Å². The summed E-state index contributed by atoms with van der Waals surface area (Å²) in [6.07, 6.45) is -0.264. The number of hydrogen-bond donors (Lipinski definition) is 2. The summed E-state index contributed by atoms with van der Waals surface area (Å²) >= 11 is 3.12. The molecule has 0 aliphatic rings. The second-order valence-corrected chi connectivity index (χ2v) is 7.59. The monoisotopic (exact) mass is 401 g/mol. The molecule has 2 N–H and O–H groups in total. The molecule has 0 spiro atoms. The number of ether oxygens (including phenoxy) is 1. The van der Waals surface area contributed by atoms with Gasteiger partial charge in [0.1, 0.15) is 11.0 Å². The fourth-order valence-corrected chi connectivity index (χ4v) is 3.97. The summed E-state index contributed by atoms with van der Waals surface area (Å²) in [5.74, 6) is -0.280. The molecule has 2 heterocycles. The smallest absolute Gasteiger partial charge is 0.407 e. The lowest BCUT2D eigenvalue weighted by Crippen LogP contribution is -2.47. The van der Waals surface area contributed by atoms with Crippen molar-refractivity contribution in [3.05, 3.63) is 63.8 Å². The molecule has 0 radical (unpaired) electrons. The molecule has 2 amide bonds. The number of methoxy groups -OCH3 is 1. The van der Waals surface area contributed by atoms with Crippen LogP contribution in [0.3, 0.4) is 0 Å². The number of hydrogen-bond acceptors (Lipinski definition) is 6. The molecule has 1 atom stereocenters. The first-order chi connectivity index (χ1) is 13.2. The number of benzene rings is 1. The summed E-state index contributed by atoms with van der Waals surface area (Å²) in [6.45, 7) is 0.309. The first-order valence-corrected chi connectivity index (χ1v) is 10.1. The third-order valence-electron chi connectivity index (χ3n) is 3.82. The Kier molecular flexibility index (Phi) is 6.56. The van der Waals surface area contributed by atoms with Crippen molar-refractivity contribution in [1.29, 1.82) is 0 Å². The van der Waals surface area contributed by atoms with E-state index >= 15 is 0 Å². The van der Waals surface area contributed by atoms with Crippen molar-refractivity contribution in [1.82, 2.24) is 15.6 Å². The van der Waals surface area contributed by atoms with Crippen LogP contribution < -0.4 is 10.6 Å². The van der Waals surface area contributed by atoms with Crippen molar-refractivity contribution >= 4 is 34.7 Å². The number of thiazole rings is 1. The zero-order valence-corrected chi connectivity index (χ0v) is 16.3. The van der Waals surface area contributed by atoms with E-state index in [-0.39, 0.29) is 5.91 Å². The van der Waals surface area contributed by atoms with E-state index in [1.807, 2.05) is 53.2 Å². The number of nitrogens with zero attached hydrogens (tertiary/aromatic N) is 1. The number of aromatic nitrogens is 1. The molecule has 27 heavy (non-hydrogen) atoms. The van der Waals surface area contributed by atoms with Gasteiger partial charge in [0.15, 0.2) is 0 Å². The summed E-state index contributed by atoms with van der Waals surface area (Å²) in [4.78, 5) is 29.9. The van der Waals surface area contributed by atoms with E-state index in [0.29, 0.717) is 13.0 Å². The third kappa shape index (κ3) is 5.38. The van der Waals surface area contributed by atoms with E-state index in [1.54, 1.807) is 11.3 Å². The normalized spacial score (nSPS) is 11.6. The highest BCUT2D eigenvalue weighted by Gasteiger charge is 2.21. The number of nitrogens with one attached hydrogen (secondary N) is 2. The Hall–Kier alpha value is -2.71. The lowest BCUT2D eigenvalue weighted by molar-refractivity contribution is -0.123. The van der Waals surface area contributed by atoms with Crippen molar-refractivity contribution in [2.24, 2.45) is 0 Å². The molecule has 6 nitrogen and oxygen atoms in total. The van der Waals surface area contributed by atoms with Gasteiger partial charge in [-0.2, -0.15) is 0 Å². The van der Waals surface area contributed by atoms with Crippen LogP contribution in [0.25, 0.3) is 10.6 Å². The predicted octanol–water partition coefficient (Wildman–Crippen LogP) is 3.46. The largest absolute Gasteiger partial charge is 0.453 e. The zero-order valence-electron chi connectivity index (χ0n) is 14.7. The van der Waals surface area contributed by atoms with Crippen molar-refractivity contribution in [2.75, 3.05) is 7.11 Å². The van der Waals surface area contributed by atoms with Gasteiger partial charge in [-0.1, -0.05) is 36.4 Å². The number of amides is 2. The molecule has 1 aromatic carbocycles. The first-order valence-electron chi connectivity index (χ1n) is 8.30. The highest BCUT2D eigenvalue weighted by Crippen LogP contribution is 2.25. The van der Waals surface area contributed by atoms with E-state index < -0.39 is 12.1 Å². The molecular formula is C19H19N3O3S2. The minimum Gasteiger partial charge on any atom is -0.453 e. The van der Waals surface area contributed by atoms with Gasteiger partial charge in [0.05, 0.1) is 24.2 Å². The van der Waals surface area contributed by atoms with Crippen LogP contribution in [0, 0.1) is 0 Å². The van der Waals surface area contributed by atoms with Gasteiger partial charge in [0, 0.05) is 11.8 Å². The highest BCUT2D eigenvalue weighted by atomic mass is 32.1. The summed E-state index contributed by atoms with van der Waals surface area (Å²) in [7, 11) is 1.27. The van der Waals surface area contributed by atoms with Crippen LogP contribution in [0.2, 0.25) is 0 Å². The highest BCUT2D eigenvalue weighted by molar-refractivity contribution is 7.14. The maximum atomic E-state index is 12.6. The van der Waals surface area contributed by atoms with Gasteiger partial charge in [-0.15, -0.1) is 22.7 Å². The van der Waals surface area contributed by atoms with Gasteiger partial charge in [-0.25, -0.2) is 9.78 Å². The SMILES string of the molecule is COC(=O)N[C@@H](Cc1ccccc1)C(=O)NCc1nc(-c2cccs2)cs1. The van der Waals surface area contributed by atoms with Crippen molar-refractivity contribution in [2.45, 2.75) is 19.0 Å². The van der Waals surface area contributed by atoms with E-state index in [1.165, 1.54) is 18.4 Å². The first kappa shape index (κ1) is 19.1. The van der Waals surface area contributed by atoms with E-state index in [4.69, 9.17) is 0 Å². The van der Waals surface area contributed by atoms with Crippen LogP contribution >= 0.6 is 22.7 Å². The topological polar surface area (TPSA) is 80.3 Å². The number of rotatable bonds is 7. The molecule has 3 aromatic rings. The summed E-state index contributed by atoms with van der Waals surface area (Å²) in [5, 5.41) is 10.2. The average Bonchev–Trinajstić information content (AvgIpc) is 3.37. The second-order valence-electron chi connectivity index (χ2n) is 5.70. The Morgan fingerprint density at radius 1 is 1.15 bits per heavy atom. The molecule has 140 valence electrons.